The minimum Gasteiger partial charge on any atom is -0.478 e. The molecular formula is C16H17N3O4. The summed E-state index contributed by atoms with van der Waals surface area (Å²) in [5.41, 5.74) is 2.02. The van der Waals surface area contributed by atoms with Crippen LogP contribution in [0.3, 0.4) is 0 Å². The number of aromatic carboxylic acids is 1. The van der Waals surface area contributed by atoms with Crippen LogP contribution in [0.5, 0.6) is 0 Å². The summed E-state index contributed by atoms with van der Waals surface area (Å²) in [7, 11) is 0. The summed E-state index contributed by atoms with van der Waals surface area (Å²) < 4.78 is 6.76. The normalized spacial score (nSPS) is 17.2. The third kappa shape index (κ3) is 3.09. The van der Waals surface area contributed by atoms with Crippen LogP contribution in [-0.2, 0) is 9.53 Å². The molecule has 0 bridgehead atoms. The van der Waals surface area contributed by atoms with E-state index in [2.05, 4.69) is 10.4 Å². The van der Waals surface area contributed by atoms with Crippen molar-refractivity contribution in [1.82, 2.24) is 9.78 Å². The van der Waals surface area contributed by atoms with Crippen molar-refractivity contribution in [3.05, 3.63) is 41.7 Å². The Hall–Kier alpha value is -2.67. The second-order valence-electron chi connectivity index (χ2n) is 5.46. The molecule has 1 aromatic carbocycles. The summed E-state index contributed by atoms with van der Waals surface area (Å²) >= 11 is 0. The Labute approximate surface area is 132 Å². The van der Waals surface area contributed by atoms with Gasteiger partial charge in [0.1, 0.15) is 5.56 Å². The molecule has 1 atom stereocenters. The first-order chi connectivity index (χ1) is 11.1. The van der Waals surface area contributed by atoms with Crippen LogP contribution in [0.1, 0.15) is 22.5 Å². The third-order valence-electron chi connectivity index (χ3n) is 3.90. The Balaban J connectivity index is 1.82. The number of carboxylic acid groups (broad SMARTS) is 1. The topological polar surface area (TPSA) is 93.5 Å². The lowest BCUT2D eigenvalue weighted by atomic mass is 10.1. The summed E-state index contributed by atoms with van der Waals surface area (Å²) in [6.45, 7) is 2.76. The van der Waals surface area contributed by atoms with Crippen molar-refractivity contribution in [2.75, 3.05) is 18.5 Å². The molecule has 1 saturated heterocycles. The van der Waals surface area contributed by atoms with E-state index in [1.165, 1.54) is 10.9 Å². The van der Waals surface area contributed by atoms with Crippen LogP contribution in [0.2, 0.25) is 0 Å². The van der Waals surface area contributed by atoms with E-state index >= 15 is 0 Å². The van der Waals surface area contributed by atoms with Crippen LogP contribution in [0.15, 0.2) is 30.5 Å². The van der Waals surface area contributed by atoms with Crippen LogP contribution < -0.4 is 5.32 Å². The number of ether oxygens (including phenoxy) is 1. The fraction of sp³-hybridized carbons (Fsp3) is 0.312. The van der Waals surface area contributed by atoms with Crippen molar-refractivity contribution in [2.24, 2.45) is 5.92 Å². The van der Waals surface area contributed by atoms with Crippen molar-refractivity contribution in [2.45, 2.75) is 13.3 Å². The molecule has 2 heterocycles. The molecule has 0 aliphatic carbocycles. The van der Waals surface area contributed by atoms with Gasteiger partial charge in [0.15, 0.2) is 0 Å². The van der Waals surface area contributed by atoms with E-state index in [1.807, 2.05) is 0 Å². The van der Waals surface area contributed by atoms with E-state index < -0.39 is 5.97 Å². The highest BCUT2D eigenvalue weighted by molar-refractivity contribution is 5.93. The Bertz CT molecular complexity index is 748. The molecule has 1 aromatic heterocycles. The van der Waals surface area contributed by atoms with Crippen LogP contribution in [0.25, 0.3) is 5.69 Å². The van der Waals surface area contributed by atoms with Crippen LogP contribution in [0.4, 0.5) is 5.69 Å². The number of nitrogens with one attached hydrogen (secondary N) is 1. The minimum absolute atomic E-state index is 0.0666. The number of amides is 1. The van der Waals surface area contributed by atoms with E-state index in [-0.39, 0.29) is 17.4 Å². The SMILES string of the molecule is Cc1c(C(=O)O)cnn1-c1cccc(NC(=O)C2CCOC2)c1. The number of carbonyl (C=O) groups is 2. The number of carboxylic acids is 1. The number of carbonyl (C=O) groups excluding carboxylic acids is 1. The second kappa shape index (κ2) is 6.21. The quantitative estimate of drug-likeness (QED) is 0.898. The molecule has 7 heteroatoms. The first-order valence-electron chi connectivity index (χ1n) is 7.33. The largest absolute Gasteiger partial charge is 0.478 e. The van der Waals surface area contributed by atoms with Gasteiger partial charge in [-0.05, 0) is 31.5 Å². The van der Waals surface area contributed by atoms with E-state index in [0.29, 0.717) is 30.3 Å². The third-order valence-corrected chi connectivity index (χ3v) is 3.90. The average Bonchev–Trinajstić information content (AvgIpc) is 3.16. The van der Waals surface area contributed by atoms with E-state index in [1.54, 1.807) is 31.2 Å². The number of nitrogens with zero attached hydrogens (tertiary/aromatic N) is 2. The molecule has 1 aliphatic heterocycles. The molecule has 1 aliphatic rings. The number of rotatable bonds is 4. The van der Waals surface area contributed by atoms with E-state index in [9.17, 15) is 9.59 Å². The van der Waals surface area contributed by atoms with Gasteiger partial charge in [-0.3, -0.25) is 4.79 Å². The van der Waals surface area contributed by atoms with Gasteiger partial charge in [-0.2, -0.15) is 5.10 Å². The molecular weight excluding hydrogens is 298 g/mol. The highest BCUT2D eigenvalue weighted by Crippen LogP contribution is 2.20. The summed E-state index contributed by atoms with van der Waals surface area (Å²) in [6.07, 6.45) is 2.05. The van der Waals surface area contributed by atoms with Crippen LogP contribution >= 0.6 is 0 Å². The lowest BCUT2D eigenvalue weighted by Gasteiger charge is -2.11. The van der Waals surface area contributed by atoms with Gasteiger partial charge in [0.25, 0.3) is 0 Å². The zero-order valence-electron chi connectivity index (χ0n) is 12.7. The van der Waals surface area contributed by atoms with E-state index in [4.69, 9.17) is 9.84 Å². The highest BCUT2D eigenvalue weighted by atomic mass is 16.5. The monoisotopic (exact) mass is 315 g/mol. The number of benzene rings is 1. The first-order valence-corrected chi connectivity index (χ1v) is 7.33. The number of anilines is 1. The maximum absolute atomic E-state index is 12.1. The molecule has 0 radical (unpaired) electrons. The fourth-order valence-electron chi connectivity index (χ4n) is 2.58. The second-order valence-corrected chi connectivity index (χ2v) is 5.46. The molecule has 23 heavy (non-hydrogen) atoms. The van der Waals surface area contributed by atoms with Gasteiger partial charge in [-0.1, -0.05) is 6.07 Å². The van der Waals surface area contributed by atoms with Gasteiger partial charge < -0.3 is 15.2 Å². The predicted octanol–water partition coefficient (Wildman–Crippen LogP) is 1.85. The van der Waals surface area contributed by atoms with Gasteiger partial charge in [-0.25, -0.2) is 9.48 Å². The van der Waals surface area contributed by atoms with Crippen molar-refractivity contribution in [3.63, 3.8) is 0 Å². The molecule has 3 rings (SSSR count). The molecule has 1 amide bonds. The van der Waals surface area contributed by atoms with Crippen molar-refractivity contribution in [1.29, 1.82) is 0 Å². The number of hydrogen-bond acceptors (Lipinski definition) is 4. The molecule has 2 aromatic rings. The van der Waals surface area contributed by atoms with Crippen molar-refractivity contribution in [3.8, 4) is 5.69 Å². The number of hydrogen-bond donors (Lipinski definition) is 2. The zero-order chi connectivity index (χ0) is 16.4. The zero-order valence-corrected chi connectivity index (χ0v) is 12.7. The smallest absolute Gasteiger partial charge is 0.339 e. The van der Waals surface area contributed by atoms with Gasteiger partial charge in [0.05, 0.1) is 30.1 Å². The molecule has 0 saturated carbocycles. The molecule has 2 N–H and O–H groups in total. The Morgan fingerprint density at radius 1 is 1.43 bits per heavy atom. The maximum atomic E-state index is 12.1. The highest BCUT2D eigenvalue weighted by Gasteiger charge is 2.23. The lowest BCUT2D eigenvalue weighted by molar-refractivity contribution is -0.119. The van der Waals surface area contributed by atoms with Gasteiger partial charge in [-0.15, -0.1) is 0 Å². The summed E-state index contributed by atoms with van der Waals surface area (Å²) in [4.78, 5) is 23.2. The Morgan fingerprint density at radius 3 is 2.91 bits per heavy atom. The first kappa shape index (κ1) is 15.2. The van der Waals surface area contributed by atoms with Crippen molar-refractivity contribution >= 4 is 17.6 Å². The summed E-state index contributed by atoms with van der Waals surface area (Å²) in [5, 5.41) is 16.1. The number of aromatic nitrogens is 2. The standard InChI is InChI=1S/C16H17N3O4/c1-10-14(16(21)22)8-17-19(10)13-4-2-3-12(7-13)18-15(20)11-5-6-23-9-11/h2-4,7-8,11H,5-6,9H2,1H3,(H,18,20)(H,21,22). The van der Waals surface area contributed by atoms with Gasteiger partial charge >= 0.3 is 5.97 Å². The maximum Gasteiger partial charge on any atom is 0.339 e. The van der Waals surface area contributed by atoms with Gasteiger partial charge in [0, 0.05) is 12.3 Å². The molecule has 120 valence electrons. The predicted molar refractivity (Wildman–Crippen MR) is 82.8 cm³/mol. The molecule has 7 nitrogen and oxygen atoms in total. The Kier molecular flexibility index (Phi) is 4.12. The molecule has 0 spiro atoms. The van der Waals surface area contributed by atoms with Crippen molar-refractivity contribution < 1.29 is 19.4 Å². The molecule has 1 unspecified atom stereocenters. The van der Waals surface area contributed by atoms with Gasteiger partial charge in [0.2, 0.25) is 5.91 Å². The summed E-state index contributed by atoms with van der Waals surface area (Å²) in [6, 6.07) is 7.14. The van der Waals surface area contributed by atoms with E-state index in [0.717, 1.165) is 6.42 Å². The average molecular weight is 315 g/mol. The van der Waals surface area contributed by atoms with Crippen LogP contribution in [0, 0.1) is 12.8 Å². The minimum atomic E-state index is -1.01. The summed E-state index contributed by atoms with van der Waals surface area (Å²) in [5.74, 6) is -1.20. The Morgan fingerprint density at radius 2 is 2.26 bits per heavy atom. The lowest BCUT2D eigenvalue weighted by Crippen LogP contribution is -2.22. The fourth-order valence-corrected chi connectivity index (χ4v) is 2.58. The molecule has 1 fully saturated rings. The van der Waals surface area contributed by atoms with Crippen LogP contribution in [-0.4, -0.2) is 40.0 Å².